The van der Waals surface area contributed by atoms with Crippen LogP contribution in [0.25, 0.3) is 16.7 Å². The Morgan fingerprint density at radius 1 is 0.578 bits per heavy atom. The second-order valence-corrected chi connectivity index (χ2v) is 24.9. The van der Waals surface area contributed by atoms with E-state index in [1.807, 2.05) is 26.0 Å². The molecule has 2 heterocycles. The van der Waals surface area contributed by atoms with E-state index < -0.39 is 119 Å². The fourth-order valence-corrected chi connectivity index (χ4v) is 10.8. The number of fused-ring (bicyclic) bond motifs is 1. The fourth-order valence-electron chi connectivity index (χ4n) is 10.3. The van der Waals surface area contributed by atoms with Crippen molar-refractivity contribution in [1.29, 1.82) is 0 Å². The number of guanidine groups is 3. The van der Waals surface area contributed by atoms with Crippen LogP contribution in [0.5, 0.6) is 5.75 Å². The summed E-state index contributed by atoms with van der Waals surface area (Å²) in [7, 11) is 0. The Kier molecular flexibility index (Phi) is 35.8. The predicted octanol–water partition coefficient (Wildman–Crippen LogP) is -4.21. The van der Waals surface area contributed by atoms with Gasteiger partial charge in [0.2, 0.25) is 59.1 Å². The fraction of sp³-hybridized carbons (Fsp3) is 0.531. The summed E-state index contributed by atoms with van der Waals surface area (Å²) >= 11 is 1.31. The van der Waals surface area contributed by atoms with Crippen LogP contribution in [0.2, 0.25) is 0 Å². The summed E-state index contributed by atoms with van der Waals surface area (Å²) in [5, 5.41) is 39.6. The number of hydrogen-bond donors (Lipinski definition) is 18. The van der Waals surface area contributed by atoms with E-state index in [0.29, 0.717) is 35.1 Å². The zero-order valence-electron chi connectivity index (χ0n) is 58.0. The van der Waals surface area contributed by atoms with Crippen LogP contribution in [-0.2, 0) is 60.8 Å². The molecular formula is C64H100N24O13S. The minimum atomic E-state index is -1.50. The maximum absolute atomic E-state index is 14.6. The number of benzene rings is 2. The van der Waals surface area contributed by atoms with E-state index in [9.17, 15) is 57.8 Å². The number of nitrogens with zero attached hydrogens (tertiary/aromatic N) is 7. The van der Waals surface area contributed by atoms with Crippen molar-refractivity contribution in [2.75, 3.05) is 56.2 Å². The molecule has 0 spiro atoms. The minimum Gasteiger partial charge on any atom is -0.508 e. The average molecular weight is 1450 g/mol. The molecule has 27 N–H and O–H groups in total. The highest BCUT2D eigenvalue weighted by Crippen LogP contribution is 2.23. The van der Waals surface area contributed by atoms with Gasteiger partial charge in [-0.15, -0.1) is 5.10 Å². The number of thioether (sulfide) groups is 1. The molecule has 0 aliphatic rings. The molecule has 560 valence electrons. The van der Waals surface area contributed by atoms with E-state index >= 15 is 0 Å². The SMILES string of the molecule is CCN(CC)c1ccc2cc(-n3cc(CCC(=O)N[C@@H](CCCN=C(N)N)C(=O)N[C@@H](C)C(=O)N[C@@H](CCCCN)C(=O)N[C@@H](CCCN=C(N)N)C(=O)N[C@@H](CCCN=C(N)N)C(=O)N[C@@H](CCSC)C(=O)N[C@@H](CCC(N)=O)C(=O)N[C@@H](Cc4ccc(O)cc4)C(N)=O)nn3)c(=O)oc2c1. The summed E-state index contributed by atoms with van der Waals surface area (Å²) in [6.07, 6.45) is 2.93. The lowest BCUT2D eigenvalue weighted by molar-refractivity contribution is -0.136. The summed E-state index contributed by atoms with van der Waals surface area (Å²) in [6.45, 7) is 7.16. The van der Waals surface area contributed by atoms with Gasteiger partial charge in [0.25, 0.3) is 0 Å². The molecule has 0 saturated heterocycles. The molecule has 0 saturated carbocycles. The molecule has 8 atom stereocenters. The van der Waals surface area contributed by atoms with Gasteiger partial charge in [-0.1, -0.05) is 17.3 Å². The highest BCUT2D eigenvalue weighted by Gasteiger charge is 2.35. The van der Waals surface area contributed by atoms with Crippen molar-refractivity contribution in [3.8, 4) is 11.4 Å². The van der Waals surface area contributed by atoms with E-state index in [1.165, 1.54) is 53.8 Å². The van der Waals surface area contributed by atoms with Crippen LogP contribution in [0.1, 0.15) is 115 Å². The highest BCUT2D eigenvalue weighted by molar-refractivity contribution is 7.98. The Morgan fingerprint density at radius 2 is 1.05 bits per heavy atom. The number of amides is 10. The summed E-state index contributed by atoms with van der Waals surface area (Å²) in [6, 6.07) is 1.85. The first kappa shape index (κ1) is 83.6. The number of carbonyl (C=O) groups is 10. The average Bonchev–Trinajstić information content (AvgIpc) is 1.37. The third-order valence-corrected chi connectivity index (χ3v) is 16.5. The van der Waals surface area contributed by atoms with Crippen LogP contribution >= 0.6 is 11.8 Å². The lowest BCUT2D eigenvalue weighted by Crippen LogP contribution is -2.60. The number of rotatable bonds is 47. The number of phenols is 1. The first-order valence-electron chi connectivity index (χ1n) is 33.4. The van der Waals surface area contributed by atoms with E-state index in [2.05, 4.69) is 72.7 Å². The number of carbonyl (C=O) groups excluding carboxylic acids is 10. The molecule has 0 aliphatic carbocycles. The predicted molar refractivity (Wildman–Crippen MR) is 385 cm³/mol. The number of aromatic hydroxyl groups is 1. The Hall–Kier alpha value is -10.8. The summed E-state index contributed by atoms with van der Waals surface area (Å²) in [5.41, 5.74) is 51.9. The van der Waals surface area contributed by atoms with Gasteiger partial charge >= 0.3 is 5.63 Å². The minimum absolute atomic E-state index is 0.00303. The summed E-state index contributed by atoms with van der Waals surface area (Å²) < 4.78 is 6.91. The van der Waals surface area contributed by atoms with Crippen molar-refractivity contribution in [3.05, 3.63) is 76.4 Å². The quantitative estimate of drug-likeness (QED) is 0.00863. The Labute approximate surface area is 594 Å². The topological polar surface area (TPSA) is 623 Å². The molecule has 2 aromatic heterocycles. The van der Waals surface area contributed by atoms with Gasteiger partial charge in [-0.05, 0) is 146 Å². The molecular weight excluding hydrogens is 1340 g/mol. The number of aryl methyl sites for hydroxylation is 1. The summed E-state index contributed by atoms with van der Waals surface area (Å²) in [5.74, 6) is -8.97. The van der Waals surface area contributed by atoms with Crippen molar-refractivity contribution >= 4 is 105 Å². The lowest BCUT2D eigenvalue weighted by atomic mass is 10.0. The Morgan fingerprint density at radius 3 is 1.53 bits per heavy atom. The molecule has 0 aliphatic heterocycles. The number of nitrogens with two attached hydrogens (primary N) is 9. The molecule has 38 heteroatoms. The zero-order chi connectivity index (χ0) is 75.4. The maximum atomic E-state index is 14.6. The van der Waals surface area contributed by atoms with Crippen LogP contribution < -0.4 is 105 Å². The number of unbranched alkanes of at least 4 members (excludes halogenated alkanes) is 1. The van der Waals surface area contributed by atoms with E-state index in [-0.39, 0.29) is 138 Å². The third-order valence-electron chi connectivity index (χ3n) is 15.9. The molecule has 0 fully saturated rings. The maximum Gasteiger partial charge on any atom is 0.362 e. The normalized spacial score (nSPS) is 13.3. The number of aromatic nitrogens is 3. The number of primary amides is 2. The Bertz CT molecular complexity index is 3610. The first-order valence-corrected chi connectivity index (χ1v) is 34.8. The standard InChI is InChI=1S/C64H100N24O13S/c1-5-87(6-2)40-20-18-38-33-49(61(100)101-50(38)34-40)88-35-39(85-86-88)19-25-52(91)78-42(13-9-28-74-62(68)69)55(94)77-36(3)54(93)79-43(12-7-8-27-65)56(95)80-44(14-10-29-75-63(70)71)57(96)81-45(15-11-30-76-64(72)73)58(97)83-47(26-31-102-4)60(99)82-46(23-24-51(66)90)59(98)84-48(53(67)92)32-37-16-21-41(89)22-17-37/h16-18,20-22,33-36,42-48,89H,5-15,19,23-32,65H2,1-4H3,(H2,66,90)(H2,67,92)(H,77,94)(H,78,91)(H,79,93)(H,80,95)(H,81,96)(H,82,99)(H,83,97)(H,84,98)(H4,68,69,74)(H4,70,71,75)(H4,72,73,76)/t36-,42-,43-,44-,45-,46-,47-,48-/m0/s1. The van der Waals surface area contributed by atoms with Crippen LogP contribution in [0.3, 0.4) is 0 Å². The van der Waals surface area contributed by atoms with Crippen LogP contribution in [0.15, 0.2) is 78.9 Å². The highest BCUT2D eigenvalue weighted by atomic mass is 32.2. The molecule has 0 bridgehead atoms. The van der Waals surface area contributed by atoms with Gasteiger partial charge in [0.15, 0.2) is 23.6 Å². The van der Waals surface area contributed by atoms with Crippen molar-refractivity contribution < 1.29 is 57.5 Å². The molecule has 37 nitrogen and oxygen atoms in total. The zero-order valence-corrected chi connectivity index (χ0v) is 58.8. The number of hydrogen-bond acceptors (Lipinski definition) is 21. The molecule has 4 rings (SSSR count). The molecule has 0 radical (unpaired) electrons. The smallest absolute Gasteiger partial charge is 0.362 e. The number of phenolic OH excluding ortho intramolecular Hbond substituents is 1. The van der Waals surface area contributed by atoms with Gasteiger partial charge in [-0.2, -0.15) is 11.8 Å². The molecule has 2 aromatic carbocycles. The van der Waals surface area contributed by atoms with Crippen molar-refractivity contribution in [2.45, 2.75) is 165 Å². The van der Waals surface area contributed by atoms with Crippen LogP contribution in [0.4, 0.5) is 5.69 Å². The van der Waals surface area contributed by atoms with Crippen LogP contribution in [-0.4, -0.2) is 197 Å². The van der Waals surface area contributed by atoms with E-state index in [1.54, 1.807) is 18.4 Å². The van der Waals surface area contributed by atoms with Crippen molar-refractivity contribution in [3.63, 3.8) is 0 Å². The Balaban J connectivity index is 1.54. The second kappa shape index (κ2) is 43.7. The van der Waals surface area contributed by atoms with Gasteiger partial charge in [0, 0.05) is 75.5 Å². The van der Waals surface area contributed by atoms with Crippen molar-refractivity contribution in [1.82, 2.24) is 57.5 Å². The van der Waals surface area contributed by atoms with Crippen LogP contribution in [0, 0.1) is 0 Å². The van der Waals surface area contributed by atoms with Gasteiger partial charge in [-0.3, -0.25) is 62.9 Å². The number of anilines is 1. The van der Waals surface area contributed by atoms with Crippen molar-refractivity contribution in [2.24, 2.45) is 66.6 Å². The molecule has 4 aromatic rings. The summed E-state index contributed by atoms with van der Waals surface area (Å²) in [4.78, 5) is 165. The van der Waals surface area contributed by atoms with Gasteiger partial charge < -0.3 is 109 Å². The molecule has 10 amide bonds. The number of nitrogens with one attached hydrogen (secondary N) is 8. The van der Waals surface area contributed by atoms with E-state index in [4.69, 9.17) is 56.0 Å². The monoisotopic (exact) mass is 1440 g/mol. The first-order chi connectivity index (χ1) is 48.5. The molecule has 102 heavy (non-hydrogen) atoms. The van der Waals surface area contributed by atoms with E-state index in [0.717, 1.165) is 18.8 Å². The van der Waals surface area contributed by atoms with Gasteiger partial charge in [-0.25, -0.2) is 9.48 Å². The number of aliphatic imine (C=N–C) groups is 3. The molecule has 0 unspecified atom stereocenters. The third kappa shape index (κ3) is 29.6. The second-order valence-electron chi connectivity index (χ2n) is 23.9. The van der Waals surface area contributed by atoms with Gasteiger partial charge in [0.05, 0.1) is 11.9 Å². The largest absolute Gasteiger partial charge is 0.508 e. The lowest BCUT2D eigenvalue weighted by Gasteiger charge is -2.28. The van der Waals surface area contributed by atoms with Gasteiger partial charge in [0.1, 0.15) is 59.7 Å².